The lowest BCUT2D eigenvalue weighted by atomic mass is 9.88. The minimum atomic E-state index is -3.51. The molecule has 0 saturated carbocycles. The Bertz CT molecular complexity index is 535. The quantitative estimate of drug-likeness (QED) is 0.719. The van der Waals surface area contributed by atoms with Gasteiger partial charge in [0.15, 0.2) is 0 Å². The molecule has 1 heterocycles. The summed E-state index contributed by atoms with van der Waals surface area (Å²) in [4.78, 5) is 0. The average molecular weight is 318 g/mol. The molecule has 122 valence electrons. The van der Waals surface area contributed by atoms with Gasteiger partial charge in [-0.3, -0.25) is 0 Å². The maximum Gasteiger partial charge on any atom is 0.275 e. The molecule has 6 nitrogen and oxygen atoms in total. The van der Waals surface area contributed by atoms with Gasteiger partial charge in [0.05, 0.1) is 6.54 Å². The molecule has 7 heteroatoms. The first kappa shape index (κ1) is 18.2. The molecule has 21 heavy (non-hydrogen) atoms. The third-order valence-corrected chi connectivity index (χ3v) is 4.98. The number of nitrogens with zero attached hydrogens (tertiary/aromatic N) is 1. The lowest BCUT2D eigenvalue weighted by Crippen LogP contribution is -2.29. The summed E-state index contributed by atoms with van der Waals surface area (Å²) in [5.41, 5.74) is 0.0772. The molecule has 0 unspecified atom stereocenters. The van der Waals surface area contributed by atoms with Crippen LogP contribution in [0.3, 0.4) is 0 Å². The zero-order valence-electron chi connectivity index (χ0n) is 13.2. The maximum absolute atomic E-state index is 11.9. The third-order valence-electron chi connectivity index (χ3n) is 3.29. The molecule has 0 fully saturated rings. The molecule has 1 aromatic heterocycles. The summed E-state index contributed by atoms with van der Waals surface area (Å²) in [5, 5.41) is 12.1. The first-order chi connectivity index (χ1) is 9.69. The number of nitrogens with one attached hydrogen (secondary N) is 1. The van der Waals surface area contributed by atoms with Crippen LogP contribution in [-0.4, -0.2) is 45.1 Å². The van der Waals surface area contributed by atoms with E-state index in [-0.39, 0.29) is 17.1 Å². The normalized spacial score (nSPS) is 13.0. The van der Waals surface area contributed by atoms with E-state index in [1.165, 1.54) is 20.2 Å². The van der Waals surface area contributed by atoms with E-state index in [0.29, 0.717) is 12.3 Å². The van der Waals surface area contributed by atoms with Gasteiger partial charge in [-0.25, -0.2) is 12.7 Å². The van der Waals surface area contributed by atoms with Gasteiger partial charge in [-0.15, -0.1) is 0 Å². The van der Waals surface area contributed by atoms with Gasteiger partial charge in [-0.05, 0) is 30.4 Å². The van der Waals surface area contributed by atoms with Crippen molar-refractivity contribution in [2.24, 2.45) is 5.41 Å². The summed E-state index contributed by atoms with van der Waals surface area (Å²) in [6.45, 7) is 5.70. The summed E-state index contributed by atoms with van der Waals surface area (Å²) in [6.07, 6.45) is 1.70. The summed E-state index contributed by atoms with van der Waals surface area (Å²) in [6, 6.07) is 3.15. The smallest absolute Gasteiger partial charge is 0.275 e. The van der Waals surface area contributed by atoms with Crippen molar-refractivity contribution in [2.45, 2.75) is 38.3 Å². The Morgan fingerprint density at radius 1 is 1.33 bits per heavy atom. The maximum atomic E-state index is 11.9. The van der Waals surface area contributed by atoms with Crippen LogP contribution in [0.25, 0.3) is 0 Å². The first-order valence-electron chi connectivity index (χ1n) is 7.02. The first-order valence-corrected chi connectivity index (χ1v) is 8.46. The second-order valence-electron chi connectivity index (χ2n) is 6.10. The van der Waals surface area contributed by atoms with Crippen LogP contribution in [0, 0.1) is 5.41 Å². The van der Waals surface area contributed by atoms with Crippen LogP contribution in [0.15, 0.2) is 21.6 Å². The van der Waals surface area contributed by atoms with Crippen LogP contribution >= 0.6 is 0 Å². The number of sulfonamides is 1. The van der Waals surface area contributed by atoms with Gasteiger partial charge in [0.25, 0.3) is 10.0 Å². The van der Waals surface area contributed by atoms with Crippen LogP contribution in [0.5, 0.6) is 0 Å². The zero-order chi connectivity index (χ0) is 16.1. The van der Waals surface area contributed by atoms with E-state index in [9.17, 15) is 8.42 Å². The van der Waals surface area contributed by atoms with Crippen molar-refractivity contribution < 1.29 is 17.9 Å². The molecule has 1 rings (SSSR count). The summed E-state index contributed by atoms with van der Waals surface area (Å²) >= 11 is 0. The number of aliphatic hydroxyl groups excluding tert-OH is 1. The zero-order valence-corrected chi connectivity index (χ0v) is 14.0. The second kappa shape index (κ2) is 7.40. The van der Waals surface area contributed by atoms with Gasteiger partial charge in [-0.1, -0.05) is 13.8 Å². The Morgan fingerprint density at radius 2 is 2.00 bits per heavy atom. The summed E-state index contributed by atoms with van der Waals surface area (Å²) in [7, 11) is -0.567. The molecule has 0 bridgehead atoms. The van der Waals surface area contributed by atoms with E-state index in [1.54, 1.807) is 6.07 Å². The average Bonchev–Trinajstić information content (AvgIpc) is 2.85. The Kier molecular flexibility index (Phi) is 6.40. The van der Waals surface area contributed by atoms with Crippen molar-refractivity contribution >= 4 is 10.0 Å². The number of aliphatic hydroxyl groups is 1. The van der Waals surface area contributed by atoms with Crippen LogP contribution in [0.1, 0.15) is 32.4 Å². The number of hydrogen-bond donors (Lipinski definition) is 2. The molecule has 0 aromatic carbocycles. The largest absolute Gasteiger partial charge is 0.447 e. The predicted octanol–water partition coefficient (Wildman–Crippen LogP) is 1.42. The van der Waals surface area contributed by atoms with Crippen molar-refractivity contribution in [1.29, 1.82) is 0 Å². The molecule has 0 radical (unpaired) electrons. The molecular formula is C14H26N2O4S. The molecule has 0 aliphatic rings. The van der Waals surface area contributed by atoms with E-state index < -0.39 is 10.0 Å². The van der Waals surface area contributed by atoms with Crippen molar-refractivity contribution in [3.8, 4) is 0 Å². The number of rotatable bonds is 9. The highest BCUT2D eigenvalue weighted by molar-refractivity contribution is 7.88. The molecule has 0 aliphatic carbocycles. The van der Waals surface area contributed by atoms with Gasteiger partial charge >= 0.3 is 0 Å². The SMILES string of the molecule is CN(C)S(=O)(=O)c1ccc(CNCC(C)(C)CCCO)o1. The summed E-state index contributed by atoms with van der Waals surface area (Å²) in [5.74, 6) is 0.591. The predicted molar refractivity (Wildman–Crippen MR) is 81.4 cm³/mol. The Labute approximate surface area is 127 Å². The highest BCUT2D eigenvalue weighted by Crippen LogP contribution is 2.21. The van der Waals surface area contributed by atoms with E-state index in [4.69, 9.17) is 9.52 Å². The molecule has 0 spiro atoms. The van der Waals surface area contributed by atoms with E-state index in [1.807, 2.05) is 0 Å². The highest BCUT2D eigenvalue weighted by Gasteiger charge is 2.22. The van der Waals surface area contributed by atoms with Crippen molar-refractivity contribution in [3.63, 3.8) is 0 Å². The fourth-order valence-electron chi connectivity index (χ4n) is 1.94. The monoisotopic (exact) mass is 318 g/mol. The van der Waals surface area contributed by atoms with E-state index in [0.717, 1.165) is 23.7 Å². The topological polar surface area (TPSA) is 82.8 Å². The molecule has 0 amide bonds. The minimum Gasteiger partial charge on any atom is -0.447 e. The van der Waals surface area contributed by atoms with E-state index in [2.05, 4.69) is 19.2 Å². The van der Waals surface area contributed by atoms with E-state index >= 15 is 0 Å². The van der Waals surface area contributed by atoms with Crippen molar-refractivity contribution in [3.05, 3.63) is 17.9 Å². The molecule has 2 N–H and O–H groups in total. The Hall–Kier alpha value is -0.890. The standard InChI is InChI=1S/C14H26N2O4S/c1-14(2,8-5-9-17)11-15-10-12-6-7-13(20-12)21(18,19)16(3)4/h6-7,15,17H,5,8-11H2,1-4H3. The fraction of sp³-hybridized carbons (Fsp3) is 0.714. The number of furan rings is 1. The Balaban J connectivity index is 2.53. The molecule has 0 atom stereocenters. The van der Waals surface area contributed by atoms with Crippen LogP contribution < -0.4 is 5.32 Å². The van der Waals surface area contributed by atoms with Gasteiger partial charge in [0, 0.05) is 27.2 Å². The van der Waals surface area contributed by atoms with Crippen LogP contribution in [-0.2, 0) is 16.6 Å². The minimum absolute atomic E-state index is 0.0381. The molecule has 0 saturated heterocycles. The third kappa shape index (κ3) is 5.43. The van der Waals surface area contributed by atoms with Crippen molar-refractivity contribution in [2.75, 3.05) is 27.2 Å². The van der Waals surface area contributed by atoms with Gasteiger partial charge in [0.1, 0.15) is 5.76 Å². The van der Waals surface area contributed by atoms with Crippen molar-refractivity contribution in [1.82, 2.24) is 9.62 Å². The molecular weight excluding hydrogens is 292 g/mol. The summed E-state index contributed by atoms with van der Waals surface area (Å²) < 4.78 is 30.3. The van der Waals surface area contributed by atoms with Gasteiger partial charge in [-0.2, -0.15) is 0 Å². The number of hydrogen-bond acceptors (Lipinski definition) is 5. The Morgan fingerprint density at radius 3 is 2.57 bits per heavy atom. The highest BCUT2D eigenvalue weighted by atomic mass is 32.2. The molecule has 0 aliphatic heterocycles. The van der Waals surface area contributed by atoms with Crippen LogP contribution in [0.4, 0.5) is 0 Å². The fourth-order valence-corrected chi connectivity index (χ4v) is 2.75. The van der Waals surface area contributed by atoms with Crippen LogP contribution in [0.2, 0.25) is 0 Å². The van der Waals surface area contributed by atoms with Gasteiger partial charge in [0.2, 0.25) is 5.09 Å². The lowest BCUT2D eigenvalue weighted by molar-refractivity contribution is 0.234. The van der Waals surface area contributed by atoms with Gasteiger partial charge < -0.3 is 14.8 Å². The second-order valence-corrected chi connectivity index (χ2v) is 8.19. The lowest BCUT2D eigenvalue weighted by Gasteiger charge is -2.24. The molecule has 1 aromatic rings.